The molecule has 0 saturated carbocycles. The number of nitrogens with zero attached hydrogens (tertiary/aromatic N) is 1. The molecule has 14 heavy (non-hydrogen) atoms. The van der Waals surface area contributed by atoms with E-state index in [0.29, 0.717) is 12.1 Å². The van der Waals surface area contributed by atoms with Gasteiger partial charge in [-0.2, -0.15) is 0 Å². The molecule has 2 N–H and O–H groups in total. The lowest BCUT2D eigenvalue weighted by Crippen LogP contribution is -2.07. The van der Waals surface area contributed by atoms with Crippen molar-refractivity contribution in [1.29, 1.82) is 0 Å². The van der Waals surface area contributed by atoms with Crippen LogP contribution in [0.25, 0.3) is 0 Å². The highest BCUT2D eigenvalue weighted by Crippen LogP contribution is 2.07. The average molecular weight is 217 g/mol. The minimum absolute atomic E-state index is 0. The quantitative estimate of drug-likeness (QED) is 0.751. The van der Waals surface area contributed by atoms with E-state index in [1.807, 2.05) is 6.92 Å². The Hall–Kier alpha value is -1.13. The van der Waals surface area contributed by atoms with Crippen LogP contribution in [0.15, 0.2) is 12.3 Å². The van der Waals surface area contributed by atoms with Crippen LogP contribution in [0.3, 0.4) is 0 Å². The van der Waals surface area contributed by atoms with Crippen LogP contribution in [0.4, 0.5) is 0 Å². The van der Waals surface area contributed by atoms with Crippen molar-refractivity contribution in [2.24, 2.45) is 5.73 Å². The molecule has 0 radical (unpaired) electrons. The van der Waals surface area contributed by atoms with E-state index in [2.05, 4.69) is 9.72 Å². The van der Waals surface area contributed by atoms with Crippen LogP contribution in [0, 0.1) is 6.92 Å². The Kier molecular flexibility index (Phi) is 5.12. The van der Waals surface area contributed by atoms with E-state index >= 15 is 0 Å². The first kappa shape index (κ1) is 12.9. The number of aryl methyl sites for hydroxylation is 1. The van der Waals surface area contributed by atoms with Gasteiger partial charge in [0.2, 0.25) is 0 Å². The van der Waals surface area contributed by atoms with Gasteiger partial charge in [-0.25, -0.2) is 4.79 Å². The van der Waals surface area contributed by atoms with Crippen molar-refractivity contribution in [3.63, 3.8) is 0 Å². The van der Waals surface area contributed by atoms with Gasteiger partial charge >= 0.3 is 5.97 Å². The molecule has 0 aromatic carbocycles. The number of pyridine rings is 1. The highest BCUT2D eigenvalue weighted by atomic mass is 35.5. The zero-order chi connectivity index (χ0) is 9.84. The zero-order valence-corrected chi connectivity index (χ0v) is 8.93. The van der Waals surface area contributed by atoms with Gasteiger partial charge in [0.25, 0.3) is 0 Å². The van der Waals surface area contributed by atoms with E-state index in [4.69, 9.17) is 5.73 Å². The third kappa shape index (κ3) is 2.68. The second-order valence-corrected chi connectivity index (χ2v) is 2.68. The average Bonchev–Trinajstić information content (AvgIpc) is 2.16. The molecule has 0 amide bonds. The maximum atomic E-state index is 11.1. The van der Waals surface area contributed by atoms with E-state index < -0.39 is 0 Å². The Morgan fingerprint density at radius 2 is 2.29 bits per heavy atom. The molecule has 78 valence electrons. The van der Waals surface area contributed by atoms with Crippen LogP contribution in [-0.4, -0.2) is 18.1 Å². The molecule has 1 aromatic rings. The highest BCUT2D eigenvalue weighted by molar-refractivity contribution is 5.89. The van der Waals surface area contributed by atoms with E-state index in [9.17, 15) is 4.79 Å². The molecular weight excluding hydrogens is 204 g/mol. The molecule has 1 aromatic heterocycles. The summed E-state index contributed by atoms with van der Waals surface area (Å²) in [6, 6.07) is 1.72. The van der Waals surface area contributed by atoms with Gasteiger partial charge < -0.3 is 10.5 Å². The molecule has 4 nitrogen and oxygen atoms in total. The number of aromatic nitrogens is 1. The SMILES string of the molecule is COC(=O)c1cnc(CN)c(C)c1.Cl. The van der Waals surface area contributed by atoms with Gasteiger partial charge in [0.05, 0.1) is 18.4 Å². The normalized spacial score (nSPS) is 9.07. The lowest BCUT2D eigenvalue weighted by Gasteiger charge is -2.03. The van der Waals surface area contributed by atoms with Crippen LogP contribution >= 0.6 is 12.4 Å². The summed E-state index contributed by atoms with van der Waals surface area (Å²) in [5, 5.41) is 0. The molecule has 0 atom stereocenters. The Bertz CT molecular complexity index is 329. The Morgan fingerprint density at radius 3 is 2.71 bits per heavy atom. The summed E-state index contributed by atoms with van der Waals surface area (Å²) in [5.74, 6) is -0.376. The maximum absolute atomic E-state index is 11.1. The van der Waals surface area contributed by atoms with Crippen molar-refractivity contribution in [2.45, 2.75) is 13.5 Å². The second kappa shape index (κ2) is 5.57. The van der Waals surface area contributed by atoms with E-state index in [1.165, 1.54) is 13.3 Å². The number of hydrogen-bond acceptors (Lipinski definition) is 4. The summed E-state index contributed by atoms with van der Waals surface area (Å²) in [6.45, 7) is 2.24. The lowest BCUT2D eigenvalue weighted by atomic mass is 10.1. The maximum Gasteiger partial charge on any atom is 0.339 e. The number of esters is 1. The number of nitrogens with two attached hydrogens (primary N) is 1. The molecular formula is C9H13ClN2O2. The van der Waals surface area contributed by atoms with E-state index in [-0.39, 0.29) is 18.4 Å². The number of carbonyl (C=O) groups excluding carboxylic acids is 1. The lowest BCUT2D eigenvalue weighted by molar-refractivity contribution is 0.0600. The molecule has 5 heteroatoms. The number of carbonyl (C=O) groups is 1. The minimum atomic E-state index is -0.376. The van der Waals surface area contributed by atoms with Gasteiger partial charge in [0, 0.05) is 12.7 Å². The highest BCUT2D eigenvalue weighted by Gasteiger charge is 2.07. The van der Waals surface area contributed by atoms with E-state index in [1.54, 1.807) is 6.07 Å². The second-order valence-electron chi connectivity index (χ2n) is 2.68. The van der Waals surface area contributed by atoms with Gasteiger partial charge in [-0.1, -0.05) is 0 Å². The third-order valence-electron chi connectivity index (χ3n) is 1.80. The van der Waals surface area contributed by atoms with Crippen molar-refractivity contribution in [1.82, 2.24) is 4.98 Å². The largest absolute Gasteiger partial charge is 0.465 e. The smallest absolute Gasteiger partial charge is 0.339 e. The van der Waals surface area contributed by atoms with Gasteiger partial charge in [0.15, 0.2) is 0 Å². The van der Waals surface area contributed by atoms with Gasteiger partial charge in [-0.05, 0) is 18.6 Å². The number of ether oxygens (including phenoxy) is 1. The molecule has 1 heterocycles. The summed E-state index contributed by atoms with van der Waals surface area (Å²) in [4.78, 5) is 15.1. The molecule has 0 unspecified atom stereocenters. The van der Waals surface area contributed by atoms with Crippen LogP contribution in [-0.2, 0) is 11.3 Å². The summed E-state index contributed by atoms with van der Waals surface area (Å²) in [7, 11) is 1.34. The number of rotatable bonds is 2. The van der Waals surface area contributed by atoms with Crippen LogP contribution in [0.1, 0.15) is 21.6 Å². The predicted molar refractivity (Wildman–Crippen MR) is 55.5 cm³/mol. The first-order valence-electron chi connectivity index (χ1n) is 3.93. The Morgan fingerprint density at radius 1 is 1.64 bits per heavy atom. The monoisotopic (exact) mass is 216 g/mol. The number of halogens is 1. The molecule has 0 spiro atoms. The number of methoxy groups -OCH3 is 1. The van der Waals surface area contributed by atoms with Crippen molar-refractivity contribution in [2.75, 3.05) is 7.11 Å². The summed E-state index contributed by atoms with van der Waals surface area (Å²) < 4.78 is 4.55. The van der Waals surface area contributed by atoms with Crippen LogP contribution < -0.4 is 5.73 Å². The molecule has 0 aliphatic carbocycles. The van der Waals surface area contributed by atoms with Crippen LogP contribution in [0.2, 0.25) is 0 Å². The minimum Gasteiger partial charge on any atom is -0.465 e. The molecule has 1 rings (SSSR count). The van der Waals surface area contributed by atoms with Crippen molar-refractivity contribution < 1.29 is 9.53 Å². The molecule has 0 fully saturated rings. The van der Waals surface area contributed by atoms with E-state index in [0.717, 1.165) is 11.3 Å². The topological polar surface area (TPSA) is 65.2 Å². The van der Waals surface area contributed by atoms with Gasteiger partial charge in [0.1, 0.15) is 0 Å². The Labute approximate surface area is 88.9 Å². The summed E-state index contributed by atoms with van der Waals surface area (Å²) in [5.41, 5.74) is 7.59. The predicted octanol–water partition coefficient (Wildman–Crippen LogP) is 1.06. The fourth-order valence-electron chi connectivity index (χ4n) is 1.05. The van der Waals surface area contributed by atoms with Gasteiger partial charge in [-0.3, -0.25) is 4.98 Å². The van der Waals surface area contributed by atoms with Crippen molar-refractivity contribution in [3.05, 3.63) is 29.1 Å². The summed E-state index contributed by atoms with van der Waals surface area (Å²) in [6.07, 6.45) is 1.47. The molecule has 0 saturated heterocycles. The fraction of sp³-hybridized carbons (Fsp3) is 0.333. The van der Waals surface area contributed by atoms with Gasteiger partial charge in [-0.15, -0.1) is 12.4 Å². The zero-order valence-electron chi connectivity index (χ0n) is 8.11. The standard InChI is InChI=1S/C9H12N2O2.ClH/c1-6-3-7(9(12)13-2)5-11-8(6)4-10;/h3,5H,4,10H2,1-2H3;1H. The van der Waals surface area contributed by atoms with Crippen LogP contribution in [0.5, 0.6) is 0 Å². The molecule has 0 aliphatic heterocycles. The third-order valence-corrected chi connectivity index (χ3v) is 1.80. The van der Waals surface area contributed by atoms with Crippen molar-refractivity contribution >= 4 is 18.4 Å². The molecule has 0 aliphatic rings. The first-order valence-corrected chi connectivity index (χ1v) is 3.93. The number of hydrogen-bond donors (Lipinski definition) is 1. The first-order chi connectivity index (χ1) is 6.19. The van der Waals surface area contributed by atoms with Crippen molar-refractivity contribution in [3.8, 4) is 0 Å². The summed E-state index contributed by atoms with van der Waals surface area (Å²) >= 11 is 0. The Balaban J connectivity index is 0.00000169. The molecule has 0 bridgehead atoms. The fourth-order valence-corrected chi connectivity index (χ4v) is 1.05.